The topological polar surface area (TPSA) is 74.9 Å². The number of hydrogen-bond acceptors (Lipinski definition) is 6. The first-order valence-electron chi connectivity index (χ1n) is 9.76. The second-order valence-electron chi connectivity index (χ2n) is 7.23. The van der Waals surface area contributed by atoms with Crippen LogP contribution in [0.25, 0.3) is 15.7 Å². The van der Waals surface area contributed by atoms with E-state index in [1.54, 1.807) is 19.2 Å². The van der Waals surface area contributed by atoms with Crippen molar-refractivity contribution in [1.29, 1.82) is 0 Å². The molecule has 7 nitrogen and oxygen atoms in total. The minimum absolute atomic E-state index is 0.264. The zero-order valence-electron chi connectivity index (χ0n) is 16.6. The molecule has 0 amide bonds. The van der Waals surface area contributed by atoms with Crippen LogP contribution in [0.5, 0.6) is 5.75 Å². The number of aromatic nitrogens is 2. The van der Waals surface area contributed by atoms with Gasteiger partial charge < -0.3 is 20.1 Å². The maximum Gasteiger partial charge on any atom is 0.227 e. The summed E-state index contributed by atoms with van der Waals surface area (Å²) in [4.78, 5) is 15.1. The summed E-state index contributed by atoms with van der Waals surface area (Å²) in [6, 6.07) is 11.0. The standard InChI is InChI=1S/C22H22ClN5O2/c1-24-15-4-5-19-17(12-15)21(25-13-14-3-6-20(30-2)18(23)11-14)27-22(26-19)28-9-7-16(29)8-10-28/h3-6,11-12,16,29H,7-10,13H2,2H3,(H,25,26,27). The largest absolute Gasteiger partial charge is 0.495 e. The van der Waals surface area contributed by atoms with E-state index in [1.165, 1.54) is 0 Å². The number of aliphatic hydroxyl groups is 1. The van der Waals surface area contributed by atoms with Crippen LogP contribution in [0.4, 0.5) is 17.5 Å². The minimum Gasteiger partial charge on any atom is -0.495 e. The number of rotatable bonds is 5. The Hall–Kier alpha value is -3.08. The summed E-state index contributed by atoms with van der Waals surface area (Å²) in [7, 11) is 1.59. The lowest BCUT2D eigenvalue weighted by Crippen LogP contribution is -2.37. The number of methoxy groups -OCH3 is 1. The summed E-state index contributed by atoms with van der Waals surface area (Å²) in [5.41, 5.74) is 2.29. The molecule has 2 aromatic carbocycles. The molecule has 4 rings (SSSR count). The molecule has 0 unspecified atom stereocenters. The molecule has 0 aliphatic carbocycles. The van der Waals surface area contributed by atoms with Crippen molar-refractivity contribution in [3.63, 3.8) is 0 Å². The van der Waals surface area contributed by atoms with E-state index in [9.17, 15) is 5.11 Å². The Kier molecular flexibility index (Phi) is 5.88. The molecule has 1 aliphatic rings. The summed E-state index contributed by atoms with van der Waals surface area (Å²) in [6.07, 6.45) is 1.14. The molecule has 1 saturated heterocycles. The molecule has 1 aliphatic heterocycles. The van der Waals surface area contributed by atoms with Crippen LogP contribution in [-0.4, -0.2) is 41.4 Å². The van der Waals surface area contributed by atoms with Crippen molar-refractivity contribution < 1.29 is 9.84 Å². The van der Waals surface area contributed by atoms with E-state index in [4.69, 9.17) is 32.9 Å². The second kappa shape index (κ2) is 8.74. The number of nitrogens with zero attached hydrogens (tertiary/aromatic N) is 4. The molecule has 2 heterocycles. The predicted molar refractivity (Wildman–Crippen MR) is 119 cm³/mol. The van der Waals surface area contributed by atoms with Gasteiger partial charge in [-0.15, -0.1) is 0 Å². The number of fused-ring (bicyclic) bond motifs is 1. The van der Waals surface area contributed by atoms with Gasteiger partial charge in [-0.2, -0.15) is 4.98 Å². The summed E-state index contributed by atoms with van der Waals surface area (Å²) in [5, 5.41) is 14.5. The molecular formula is C22H22ClN5O2. The number of hydrogen-bond donors (Lipinski definition) is 2. The summed E-state index contributed by atoms with van der Waals surface area (Å²) < 4.78 is 5.21. The average molecular weight is 424 g/mol. The van der Waals surface area contributed by atoms with Gasteiger partial charge in [0.1, 0.15) is 11.6 Å². The lowest BCUT2D eigenvalue weighted by molar-refractivity contribution is 0.145. The Labute approximate surface area is 180 Å². The Balaban J connectivity index is 1.67. The fourth-order valence-electron chi connectivity index (χ4n) is 3.52. The molecule has 0 radical (unpaired) electrons. The first kappa shape index (κ1) is 20.2. The van der Waals surface area contributed by atoms with Crippen molar-refractivity contribution in [1.82, 2.24) is 9.97 Å². The third-order valence-electron chi connectivity index (χ3n) is 5.22. The number of ether oxygens (including phenoxy) is 1. The van der Waals surface area contributed by atoms with Crippen molar-refractivity contribution >= 4 is 40.0 Å². The van der Waals surface area contributed by atoms with E-state index in [0.29, 0.717) is 60.7 Å². The van der Waals surface area contributed by atoms with Gasteiger partial charge >= 0.3 is 0 Å². The highest BCUT2D eigenvalue weighted by molar-refractivity contribution is 6.32. The van der Waals surface area contributed by atoms with Crippen LogP contribution >= 0.6 is 11.6 Å². The van der Waals surface area contributed by atoms with E-state index in [0.717, 1.165) is 16.5 Å². The van der Waals surface area contributed by atoms with Gasteiger partial charge in [0.15, 0.2) is 5.69 Å². The Morgan fingerprint density at radius 1 is 1.23 bits per heavy atom. The molecule has 0 bridgehead atoms. The van der Waals surface area contributed by atoms with Crippen molar-refractivity contribution in [2.75, 3.05) is 30.4 Å². The van der Waals surface area contributed by atoms with Gasteiger partial charge in [-0.05, 0) is 42.7 Å². The molecule has 0 spiro atoms. The number of piperidine rings is 1. The van der Waals surface area contributed by atoms with E-state index >= 15 is 0 Å². The molecule has 2 N–H and O–H groups in total. The highest BCUT2D eigenvalue weighted by atomic mass is 35.5. The number of aliphatic hydroxyl groups excluding tert-OH is 1. The molecule has 0 saturated carbocycles. The zero-order chi connectivity index (χ0) is 21.1. The first-order chi connectivity index (χ1) is 14.6. The third kappa shape index (κ3) is 4.25. The number of halogens is 1. The van der Waals surface area contributed by atoms with Crippen LogP contribution in [-0.2, 0) is 6.54 Å². The van der Waals surface area contributed by atoms with Gasteiger partial charge in [0.05, 0.1) is 30.3 Å². The molecule has 1 aromatic heterocycles. The van der Waals surface area contributed by atoms with Gasteiger partial charge in [-0.3, -0.25) is 0 Å². The number of benzene rings is 2. The number of nitrogens with one attached hydrogen (secondary N) is 1. The molecule has 30 heavy (non-hydrogen) atoms. The Bertz CT molecular complexity index is 1110. The van der Waals surface area contributed by atoms with Gasteiger partial charge in [-0.1, -0.05) is 23.7 Å². The zero-order valence-corrected chi connectivity index (χ0v) is 17.4. The normalized spacial score (nSPS) is 14.5. The van der Waals surface area contributed by atoms with Gasteiger partial charge in [0, 0.05) is 25.0 Å². The molecule has 3 aromatic rings. The smallest absolute Gasteiger partial charge is 0.227 e. The van der Waals surface area contributed by atoms with E-state index in [-0.39, 0.29) is 6.10 Å². The van der Waals surface area contributed by atoms with Crippen LogP contribution < -0.4 is 15.0 Å². The molecular weight excluding hydrogens is 402 g/mol. The molecule has 1 fully saturated rings. The summed E-state index contributed by atoms with van der Waals surface area (Å²) in [5.74, 6) is 1.92. The average Bonchev–Trinajstić information content (AvgIpc) is 2.77. The van der Waals surface area contributed by atoms with Crippen molar-refractivity contribution in [3.8, 4) is 5.75 Å². The van der Waals surface area contributed by atoms with Crippen LogP contribution in [0.2, 0.25) is 5.02 Å². The minimum atomic E-state index is -0.264. The Morgan fingerprint density at radius 2 is 2.03 bits per heavy atom. The lowest BCUT2D eigenvalue weighted by atomic mass is 10.1. The predicted octanol–water partition coefficient (Wildman–Crippen LogP) is 4.42. The third-order valence-corrected chi connectivity index (χ3v) is 5.52. The summed E-state index contributed by atoms with van der Waals surface area (Å²) in [6.45, 7) is 9.24. The second-order valence-corrected chi connectivity index (χ2v) is 7.63. The van der Waals surface area contributed by atoms with Crippen LogP contribution in [0.1, 0.15) is 18.4 Å². The highest BCUT2D eigenvalue weighted by Gasteiger charge is 2.20. The maximum atomic E-state index is 9.80. The molecule has 0 atom stereocenters. The maximum absolute atomic E-state index is 9.80. The lowest BCUT2D eigenvalue weighted by Gasteiger charge is -2.30. The van der Waals surface area contributed by atoms with Crippen molar-refractivity contribution in [3.05, 3.63) is 58.4 Å². The number of anilines is 2. The van der Waals surface area contributed by atoms with Crippen molar-refractivity contribution in [2.45, 2.75) is 25.5 Å². The van der Waals surface area contributed by atoms with Gasteiger partial charge in [-0.25, -0.2) is 9.83 Å². The van der Waals surface area contributed by atoms with Crippen molar-refractivity contribution in [2.24, 2.45) is 0 Å². The summed E-state index contributed by atoms with van der Waals surface area (Å²) >= 11 is 6.25. The molecule has 154 valence electrons. The quantitative estimate of drug-likeness (QED) is 0.592. The Morgan fingerprint density at radius 3 is 2.73 bits per heavy atom. The first-order valence-corrected chi connectivity index (χ1v) is 10.1. The van der Waals surface area contributed by atoms with Crippen LogP contribution in [0.15, 0.2) is 36.4 Å². The fraction of sp³-hybridized carbons (Fsp3) is 0.318. The fourth-order valence-corrected chi connectivity index (χ4v) is 3.80. The highest BCUT2D eigenvalue weighted by Crippen LogP contribution is 2.30. The van der Waals surface area contributed by atoms with E-state index in [1.807, 2.05) is 24.3 Å². The van der Waals surface area contributed by atoms with E-state index < -0.39 is 0 Å². The SMILES string of the molecule is [C-]#[N+]c1ccc2nc(N3CCC(O)CC3)nc(NCc3ccc(OC)c(Cl)c3)c2c1. The monoisotopic (exact) mass is 423 g/mol. The van der Waals surface area contributed by atoms with E-state index in [2.05, 4.69) is 15.1 Å². The van der Waals surface area contributed by atoms with Gasteiger partial charge in [0.2, 0.25) is 5.95 Å². The van der Waals surface area contributed by atoms with Gasteiger partial charge in [0.25, 0.3) is 0 Å². The van der Waals surface area contributed by atoms with Crippen LogP contribution in [0.3, 0.4) is 0 Å². The van der Waals surface area contributed by atoms with Crippen LogP contribution in [0, 0.1) is 6.57 Å². The molecule has 8 heteroatoms.